The summed E-state index contributed by atoms with van der Waals surface area (Å²) in [6.45, 7) is 4.61. The standard InChI is InChI=1S/C22H24F2N2O3/c1-14(2)25-21(27)15-5-8-18(9-6-15)29-13-17-4-3-11-26(17)22(28)16-7-10-19(23)20(24)12-16/h5-10,12,14,17H,3-4,11,13H2,1-2H3,(H,25,27). The predicted molar refractivity (Wildman–Crippen MR) is 105 cm³/mol. The molecule has 1 fully saturated rings. The molecule has 1 saturated heterocycles. The highest BCUT2D eigenvalue weighted by Crippen LogP contribution is 2.22. The number of rotatable bonds is 6. The highest BCUT2D eigenvalue weighted by molar-refractivity contribution is 5.95. The second kappa shape index (κ2) is 9.03. The average molecular weight is 402 g/mol. The van der Waals surface area contributed by atoms with Crippen LogP contribution in [0.15, 0.2) is 42.5 Å². The molecule has 0 saturated carbocycles. The first-order valence-corrected chi connectivity index (χ1v) is 9.65. The number of hydrogen-bond acceptors (Lipinski definition) is 3. The second-order valence-corrected chi connectivity index (χ2v) is 7.39. The van der Waals surface area contributed by atoms with E-state index >= 15 is 0 Å². The Morgan fingerprint density at radius 1 is 1.10 bits per heavy atom. The van der Waals surface area contributed by atoms with Crippen LogP contribution in [-0.4, -0.2) is 41.9 Å². The Balaban J connectivity index is 1.60. The maximum Gasteiger partial charge on any atom is 0.254 e. The Hall–Kier alpha value is -2.96. The first-order valence-electron chi connectivity index (χ1n) is 9.65. The molecule has 1 N–H and O–H groups in total. The van der Waals surface area contributed by atoms with E-state index in [1.165, 1.54) is 6.07 Å². The summed E-state index contributed by atoms with van der Waals surface area (Å²) in [7, 11) is 0. The molecule has 0 spiro atoms. The molecule has 1 atom stereocenters. The molecule has 154 valence electrons. The van der Waals surface area contributed by atoms with Crippen LogP contribution in [0.25, 0.3) is 0 Å². The quantitative estimate of drug-likeness (QED) is 0.800. The van der Waals surface area contributed by atoms with E-state index in [1.807, 2.05) is 13.8 Å². The summed E-state index contributed by atoms with van der Waals surface area (Å²) in [6.07, 6.45) is 1.59. The fourth-order valence-electron chi connectivity index (χ4n) is 3.31. The van der Waals surface area contributed by atoms with Gasteiger partial charge in [0.05, 0.1) is 6.04 Å². The van der Waals surface area contributed by atoms with Crippen LogP contribution in [0.4, 0.5) is 8.78 Å². The van der Waals surface area contributed by atoms with Gasteiger partial charge in [-0.2, -0.15) is 0 Å². The first kappa shape index (κ1) is 20.8. The molecule has 2 amide bonds. The molecule has 0 radical (unpaired) electrons. The van der Waals surface area contributed by atoms with Crippen LogP contribution in [0.5, 0.6) is 5.75 Å². The number of nitrogens with one attached hydrogen (secondary N) is 1. The lowest BCUT2D eigenvalue weighted by molar-refractivity contribution is 0.0690. The van der Waals surface area contributed by atoms with Crippen LogP contribution in [0.2, 0.25) is 0 Å². The summed E-state index contributed by atoms with van der Waals surface area (Å²) in [6, 6.07) is 9.88. The topological polar surface area (TPSA) is 58.6 Å². The number of amides is 2. The Labute approximate surface area is 168 Å². The van der Waals surface area contributed by atoms with Gasteiger partial charge in [0.1, 0.15) is 12.4 Å². The van der Waals surface area contributed by atoms with Crippen molar-refractivity contribution < 1.29 is 23.1 Å². The summed E-state index contributed by atoms with van der Waals surface area (Å²) in [5.41, 5.74) is 0.665. The molecule has 1 unspecified atom stereocenters. The third kappa shape index (κ3) is 5.10. The van der Waals surface area contributed by atoms with Gasteiger partial charge in [-0.05, 0) is 69.2 Å². The van der Waals surface area contributed by atoms with Gasteiger partial charge in [0.15, 0.2) is 11.6 Å². The molecule has 3 rings (SSSR count). The predicted octanol–water partition coefficient (Wildman–Crippen LogP) is 3.79. The van der Waals surface area contributed by atoms with Crippen molar-refractivity contribution >= 4 is 11.8 Å². The minimum Gasteiger partial charge on any atom is -0.491 e. The molecule has 7 heteroatoms. The Bertz CT molecular complexity index is 884. The summed E-state index contributed by atoms with van der Waals surface area (Å²) in [4.78, 5) is 26.3. The van der Waals surface area contributed by atoms with Crippen molar-refractivity contribution in [2.24, 2.45) is 0 Å². The number of hydrogen-bond donors (Lipinski definition) is 1. The molecular formula is C22H24F2N2O3. The molecule has 0 aliphatic carbocycles. The van der Waals surface area contributed by atoms with E-state index in [-0.39, 0.29) is 36.1 Å². The van der Waals surface area contributed by atoms with Crippen LogP contribution in [0.3, 0.4) is 0 Å². The van der Waals surface area contributed by atoms with Crippen LogP contribution in [0.1, 0.15) is 47.4 Å². The summed E-state index contributed by atoms with van der Waals surface area (Å²) in [5.74, 6) is -1.91. The molecule has 0 aromatic heterocycles. The number of benzene rings is 2. The van der Waals surface area contributed by atoms with Gasteiger partial charge >= 0.3 is 0 Å². The molecular weight excluding hydrogens is 378 g/mol. The SMILES string of the molecule is CC(C)NC(=O)c1ccc(OCC2CCCN2C(=O)c2ccc(F)c(F)c2)cc1. The smallest absolute Gasteiger partial charge is 0.254 e. The zero-order chi connectivity index (χ0) is 21.0. The maximum absolute atomic E-state index is 13.5. The van der Waals surface area contributed by atoms with Crippen molar-refractivity contribution in [1.29, 1.82) is 0 Å². The summed E-state index contributed by atoms with van der Waals surface area (Å²) < 4.78 is 32.4. The highest BCUT2D eigenvalue weighted by atomic mass is 19.2. The molecule has 1 aliphatic rings. The minimum absolute atomic E-state index is 0.0545. The zero-order valence-electron chi connectivity index (χ0n) is 16.5. The van der Waals surface area contributed by atoms with Gasteiger partial charge in [-0.25, -0.2) is 8.78 Å². The highest BCUT2D eigenvalue weighted by Gasteiger charge is 2.30. The van der Waals surface area contributed by atoms with E-state index < -0.39 is 11.6 Å². The Kier molecular flexibility index (Phi) is 6.46. The van der Waals surface area contributed by atoms with E-state index in [2.05, 4.69) is 5.32 Å². The average Bonchev–Trinajstić information content (AvgIpc) is 3.16. The molecule has 5 nitrogen and oxygen atoms in total. The van der Waals surface area contributed by atoms with E-state index in [0.717, 1.165) is 25.0 Å². The number of likely N-dealkylation sites (tertiary alicyclic amines) is 1. The fraction of sp³-hybridized carbons (Fsp3) is 0.364. The molecule has 0 bridgehead atoms. The molecule has 2 aromatic carbocycles. The van der Waals surface area contributed by atoms with Gasteiger partial charge in [-0.1, -0.05) is 0 Å². The number of carbonyl (C=O) groups excluding carboxylic acids is 2. The Morgan fingerprint density at radius 2 is 1.79 bits per heavy atom. The lowest BCUT2D eigenvalue weighted by atomic mass is 10.1. The van der Waals surface area contributed by atoms with Crippen molar-refractivity contribution in [3.8, 4) is 5.75 Å². The van der Waals surface area contributed by atoms with Crippen LogP contribution >= 0.6 is 0 Å². The molecule has 29 heavy (non-hydrogen) atoms. The van der Waals surface area contributed by atoms with Crippen molar-refractivity contribution in [2.75, 3.05) is 13.2 Å². The van der Waals surface area contributed by atoms with Gasteiger partial charge in [0, 0.05) is 23.7 Å². The third-order valence-electron chi connectivity index (χ3n) is 4.78. The van der Waals surface area contributed by atoms with Crippen molar-refractivity contribution in [2.45, 2.75) is 38.8 Å². The van der Waals surface area contributed by atoms with E-state index in [4.69, 9.17) is 4.74 Å². The van der Waals surface area contributed by atoms with Crippen LogP contribution in [0, 0.1) is 11.6 Å². The van der Waals surface area contributed by atoms with Gasteiger partial charge < -0.3 is 15.0 Å². The lowest BCUT2D eigenvalue weighted by Crippen LogP contribution is -2.39. The van der Waals surface area contributed by atoms with Crippen molar-refractivity contribution in [1.82, 2.24) is 10.2 Å². The van der Waals surface area contributed by atoms with Crippen molar-refractivity contribution in [3.05, 3.63) is 65.2 Å². The first-order chi connectivity index (χ1) is 13.8. The van der Waals surface area contributed by atoms with Gasteiger partial charge in [-0.3, -0.25) is 9.59 Å². The third-order valence-corrected chi connectivity index (χ3v) is 4.78. The normalized spacial score (nSPS) is 16.2. The summed E-state index contributed by atoms with van der Waals surface area (Å²) in [5, 5.41) is 2.82. The van der Waals surface area contributed by atoms with Crippen LogP contribution < -0.4 is 10.1 Å². The second-order valence-electron chi connectivity index (χ2n) is 7.39. The monoisotopic (exact) mass is 402 g/mol. The van der Waals surface area contributed by atoms with Crippen molar-refractivity contribution in [3.63, 3.8) is 0 Å². The number of carbonyl (C=O) groups is 2. The molecule has 1 aliphatic heterocycles. The molecule has 2 aromatic rings. The summed E-state index contributed by atoms with van der Waals surface area (Å²) >= 11 is 0. The zero-order valence-corrected chi connectivity index (χ0v) is 16.5. The van der Waals surface area contributed by atoms with Gasteiger partial charge in [0.25, 0.3) is 11.8 Å². The number of nitrogens with zero attached hydrogens (tertiary/aromatic N) is 1. The number of ether oxygens (including phenoxy) is 1. The van der Waals surface area contributed by atoms with Crippen LogP contribution in [-0.2, 0) is 0 Å². The van der Waals surface area contributed by atoms with E-state index in [9.17, 15) is 18.4 Å². The van der Waals surface area contributed by atoms with E-state index in [1.54, 1.807) is 29.2 Å². The maximum atomic E-state index is 13.5. The fourth-order valence-corrected chi connectivity index (χ4v) is 3.31. The lowest BCUT2D eigenvalue weighted by Gasteiger charge is -2.25. The number of halogens is 2. The Morgan fingerprint density at radius 3 is 2.45 bits per heavy atom. The largest absolute Gasteiger partial charge is 0.491 e. The van der Waals surface area contributed by atoms with Gasteiger partial charge in [-0.15, -0.1) is 0 Å². The molecule has 1 heterocycles. The van der Waals surface area contributed by atoms with Gasteiger partial charge in [0.2, 0.25) is 0 Å². The van der Waals surface area contributed by atoms with E-state index in [0.29, 0.717) is 17.9 Å². The minimum atomic E-state index is -1.04.